The van der Waals surface area contributed by atoms with Crippen molar-refractivity contribution in [3.8, 4) is 5.75 Å². The molecule has 7 nitrogen and oxygen atoms in total. The van der Waals surface area contributed by atoms with Crippen LogP contribution in [0.1, 0.15) is 30.1 Å². The van der Waals surface area contributed by atoms with E-state index in [0.29, 0.717) is 19.4 Å². The fourth-order valence-electron chi connectivity index (χ4n) is 2.41. The average molecular weight is 294 g/mol. The lowest BCUT2D eigenvalue weighted by Gasteiger charge is -2.36. The molecule has 1 aliphatic rings. The van der Waals surface area contributed by atoms with Crippen LogP contribution in [0.2, 0.25) is 0 Å². The number of carboxylic acids is 1. The van der Waals surface area contributed by atoms with Gasteiger partial charge in [0, 0.05) is 6.54 Å². The molecule has 0 aliphatic carbocycles. The Balaban J connectivity index is 2.14. The minimum Gasteiger partial charge on any atom is -0.508 e. The fourth-order valence-corrected chi connectivity index (χ4v) is 2.41. The van der Waals surface area contributed by atoms with Crippen LogP contribution in [0.3, 0.4) is 0 Å². The number of rotatable bonds is 2. The number of nitrogens with zero attached hydrogens (tertiary/aromatic N) is 1. The standard InChI is InChI=1S/C14H18N2O5/c1-14(21)5-2-6-16(8-14)13(20)15-11-4-3-9(17)7-10(11)12(18)19/h3-4,7,17,21H,2,5-6,8H2,1H3,(H,15,20)(H,18,19). The summed E-state index contributed by atoms with van der Waals surface area (Å²) in [6.07, 6.45) is 1.30. The van der Waals surface area contributed by atoms with Gasteiger partial charge in [-0.2, -0.15) is 0 Å². The summed E-state index contributed by atoms with van der Waals surface area (Å²) in [6, 6.07) is 3.24. The van der Waals surface area contributed by atoms with Gasteiger partial charge < -0.3 is 25.5 Å². The van der Waals surface area contributed by atoms with Gasteiger partial charge in [0.2, 0.25) is 0 Å². The van der Waals surface area contributed by atoms with E-state index in [2.05, 4.69) is 5.32 Å². The van der Waals surface area contributed by atoms with E-state index in [-0.39, 0.29) is 23.5 Å². The second-order valence-electron chi connectivity index (χ2n) is 5.49. The van der Waals surface area contributed by atoms with Gasteiger partial charge in [0.25, 0.3) is 0 Å². The Morgan fingerprint density at radius 3 is 2.71 bits per heavy atom. The Morgan fingerprint density at radius 1 is 1.38 bits per heavy atom. The van der Waals surface area contributed by atoms with Gasteiger partial charge in [0.05, 0.1) is 23.4 Å². The lowest BCUT2D eigenvalue weighted by molar-refractivity contribution is -0.000647. The van der Waals surface area contributed by atoms with Crippen molar-refractivity contribution in [2.75, 3.05) is 18.4 Å². The topological polar surface area (TPSA) is 110 Å². The maximum atomic E-state index is 12.2. The third kappa shape index (κ3) is 3.63. The van der Waals surface area contributed by atoms with Crippen molar-refractivity contribution in [1.29, 1.82) is 0 Å². The third-order valence-corrected chi connectivity index (χ3v) is 3.44. The summed E-state index contributed by atoms with van der Waals surface area (Å²) in [5, 5.41) is 30.9. The van der Waals surface area contributed by atoms with E-state index in [4.69, 9.17) is 5.11 Å². The first-order chi connectivity index (χ1) is 9.78. The van der Waals surface area contributed by atoms with Gasteiger partial charge in [-0.3, -0.25) is 0 Å². The smallest absolute Gasteiger partial charge is 0.337 e. The van der Waals surface area contributed by atoms with Crippen LogP contribution in [-0.2, 0) is 0 Å². The molecule has 0 spiro atoms. The number of hydrogen-bond acceptors (Lipinski definition) is 4. The number of aromatic hydroxyl groups is 1. The number of carboxylic acid groups (broad SMARTS) is 1. The normalized spacial score (nSPS) is 21.9. The number of aliphatic hydroxyl groups is 1. The number of phenolic OH excluding ortho intramolecular Hbond substituents is 1. The molecule has 0 saturated carbocycles. The van der Waals surface area contributed by atoms with Crippen molar-refractivity contribution in [3.63, 3.8) is 0 Å². The molecule has 1 aliphatic heterocycles. The molecular formula is C14H18N2O5. The largest absolute Gasteiger partial charge is 0.508 e. The summed E-state index contributed by atoms with van der Waals surface area (Å²) in [7, 11) is 0. The first kappa shape index (κ1) is 15.1. The van der Waals surface area contributed by atoms with Gasteiger partial charge in [-0.25, -0.2) is 9.59 Å². The fraction of sp³-hybridized carbons (Fsp3) is 0.429. The number of anilines is 1. The number of piperidine rings is 1. The van der Waals surface area contributed by atoms with Gasteiger partial charge >= 0.3 is 12.0 Å². The van der Waals surface area contributed by atoms with Crippen LogP contribution in [0.25, 0.3) is 0 Å². The van der Waals surface area contributed by atoms with E-state index in [9.17, 15) is 19.8 Å². The van der Waals surface area contributed by atoms with Gasteiger partial charge in [-0.1, -0.05) is 0 Å². The van der Waals surface area contributed by atoms with Gasteiger partial charge in [0.15, 0.2) is 0 Å². The van der Waals surface area contributed by atoms with Crippen molar-refractivity contribution in [2.24, 2.45) is 0 Å². The number of carbonyl (C=O) groups excluding carboxylic acids is 1. The lowest BCUT2D eigenvalue weighted by Crippen LogP contribution is -2.50. The van der Waals surface area contributed by atoms with Crippen molar-refractivity contribution < 1.29 is 24.9 Å². The van der Waals surface area contributed by atoms with Crippen molar-refractivity contribution >= 4 is 17.7 Å². The molecule has 1 aromatic carbocycles. The number of aromatic carboxylic acids is 1. The predicted octanol–water partition coefficient (Wildman–Crippen LogP) is 1.47. The van der Waals surface area contributed by atoms with E-state index >= 15 is 0 Å². The number of hydrogen-bond donors (Lipinski definition) is 4. The monoisotopic (exact) mass is 294 g/mol. The number of nitrogens with one attached hydrogen (secondary N) is 1. The minimum absolute atomic E-state index is 0.107. The Morgan fingerprint density at radius 2 is 2.10 bits per heavy atom. The van der Waals surface area contributed by atoms with Gasteiger partial charge in [0.1, 0.15) is 5.75 Å². The second kappa shape index (κ2) is 5.61. The number of phenols is 1. The Bertz CT molecular complexity index is 570. The number of benzene rings is 1. The second-order valence-corrected chi connectivity index (χ2v) is 5.49. The summed E-state index contributed by atoms with van der Waals surface area (Å²) in [4.78, 5) is 24.7. The molecule has 0 radical (unpaired) electrons. The summed E-state index contributed by atoms with van der Waals surface area (Å²) < 4.78 is 0. The van der Waals surface area contributed by atoms with Crippen LogP contribution in [0.5, 0.6) is 5.75 Å². The Hall–Kier alpha value is -2.28. The summed E-state index contributed by atoms with van der Waals surface area (Å²) in [5.41, 5.74) is -1.01. The maximum absolute atomic E-state index is 12.2. The first-order valence-corrected chi connectivity index (χ1v) is 6.63. The third-order valence-electron chi connectivity index (χ3n) is 3.44. The number of likely N-dealkylation sites (tertiary alicyclic amines) is 1. The summed E-state index contributed by atoms with van der Waals surface area (Å²) >= 11 is 0. The molecule has 21 heavy (non-hydrogen) atoms. The van der Waals surface area contributed by atoms with Crippen molar-refractivity contribution in [2.45, 2.75) is 25.4 Å². The molecule has 0 bridgehead atoms. The summed E-state index contributed by atoms with van der Waals surface area (Å²) in [6.45, 7) is 2.36. The van der Waals surface area contributed by atoms with Crippen LogP contribution < -0.4 is 5.32 Å². The number of amides is 2. The molecule has 1 aromatic rings. The molecule has 0 aromatic heterocycles. The molecular weight excluding hydrogens is 276 g/mol. The molecule has 2 rings (SSSR count). The zero-order valence-electron chi connectivity index (χ0n) is 11.7. The molecule has 2 amide bonds. The zero-order chi connectivity index (χ0) is 15.6. The van der Waals surface area contributed by atoms with Gasteiger partial charge in [-0.05, 0) is 38.0 Å². The number of carbonyl (C=O) groups is 2. The van der Waals surface area contributed by atoms with Crippen LogP contribution in [0.4, 0.5) is 10.5 Å². The van der Waals surface area contributed by atoms with Gasteiger partial charge in [-0.15, -0.1) is 0 Å². The molecule has 1 unspecified atom stereocenters. The minimum atomic E-state index is -1.24. The molecule has 1 atom stereocenters. The summed E-state index contributed by atoms with van der Waals surface area (Å²) in [5.74, 6) is -1.43. The molecule has 1 fully saturated rings. The van der Waals surface area contributed by atoms with E-state index in [0.717, 1.165) is 6.07 Å². The molecule has 1 saturated heterocycles. The molecule has 114 valence electrons. The van der Waals surface area contributed by atoms with E-state index in [1.54, 1.807) is 6.92 Å². The maximum Gasteiger partial charge on any atom is 0.337 e. The zero-order valence-corrected chi connectivity index (χ0v) is 11.7. The predicted molar refractivity (Wildman–Crippen MR) is 75.5 cm³/mol. The Labute approximate surface area is 121 Å². The Kier molecular flexibility index (Phi) is 4.04. The highest BCUT2D eigenvalue weighted by Gasteiger charge is 2.31. The van der Waals surface area contributed by atoms with E-state index in [1.807, 2.05) is 0 Å². The van der Waals surface area contributed by atoms with Crippen LogP contribution in [-0.4, -0.2) is 50.9 Å². The van der Waals surface area contributed by atoms with Crippen molar-refractivity contribution in [3.05, 3.63) is 23.8 Å². The quantitative estimate of drug-likeness (QED) is 0.617. The van der Waals surface area contributed by atoms with E-state index in [1.165, 1.54) is 17.0 Å². The molecule has 4 N–H and O–H groups in total. The molecule has 1 heterocycles. The first-order valence-electron chi connectivity index (χ1n) is 6.63. The highest BCUT2D eigenvalue weighted by Crippen LogP contribution is 2.24. The van der Waals surface area contributed by atoms with Crippen LogP contribution in [0.15, 0.2) is 18.2 Å². The SMILES string of the molecule is CC1(O)CCCN(C(=O)Nc2ccc(O)cc2C(=O)O)C1. The number of urea groups is 1. The average Bonchev–Trinajstić information content (AvgIpc) is 2.39. The van der Waals surface area contributed by atoms with E-state index < -0.39 is 17.6 Å². The lowest BCUT2D eigenvalue weighted by atomic mass is 9.95. The highest BCUT2D eigenvalue weighted by atomic mass is 16.4. The van der Waals surface area contributed by atoms with Crippen LogP contribution in [0, 0.1) is 0 Å². The molecule has 7 heteroatoms. The van der Waals surface area contributed by atoms with Crippen molar-refractivity contribution in [1.82, 2.24) is 4.90 Å². The van der Waals surface area contributed by atoms with Crippen LogP contribution >= 0.6 is 0 Å². The highest BCUT2D eigenvalue weighted by molar-refractivity contribution is 6.00. The number of β-amino-alcohol motifs (C(OH)–C–C–N with tert-alkyl or cyclic N) is 1.